The van der Waals surface area contributed by atoms with Gasteiger partial charge < -0.3 is 10.2 Å². The molecule has 2 aromatic rings. The van der Waals surface area contributed by atoms with Crippen molar-refractivity contribution < 1.29 is 10.2 Å². The molecular weight excluding hydrogens is 392 g/mol. The summed E-state index contributed by atoms with van der Waals surface area (Å²) in [6.45, 7) is 0. The molecule has 0 radical (unpaired) electrons. The maximum atomic E-state index is 11.3. The van der Waals surface area contributed by atoms with Gasteiger partial charge in [-0.25, -0.2) is 0 Å². The highest BCUT2D eigenvalue weighted by atomic mass is 16.3. The number of hydrogen-bond acceptors (Lipinski definition) is 2. The highest BCUT2D eigenvalue weighted by molar-refractivity contribution is 5.97. The molecule has 2 heteroatoms. The zero-order chi connectivity index (χ0) is 21.2. The van der Waals surface area contributed by atoms with Crippen LogP contribution in [0.25, 0.3) is 10.8 Å². The largest absolute Gasteiger partial charge is 0.507 e. The van der Waals surface area contributed by atoms with Gasteiger partial charge >= 0.3 is 0 Å². The molecule has 2 N–H and O–H groups in total. The topological polar surface area (TPSA) is 40.5 Å². The maximum Gasteiger partial charge on any atom is 0.127 e. The fraction of sp³-hybridized carbons (Fsp3) is 0.667. The summed E-state index contributed by atoms with van der Waals surface area (Å²) in [4.78, 5) is 0. The van der Waals surface area contributed by atoms with E-state index in [4.69, 9.17) is 0 Å². The van der Waals surface area contributed by atoms with E-state index in [1.165, 1.54) is 93.6 Å². The Hall–Kier alpha value is -1.70. The van der Waals surface area contributed by atoms with Crippen LogP contribution in [0.4, 0.5) is 0 Å². The molecule has 0 amide bonds. The van der Waals surface area contributed by atoms with Gasteiger partial charge in [0.05, 0.1) is 0 Å². The first-order valence-corrected chi connectivity index (χ1v) is 13.5. The average Bonchev–Trinajstić information content (AvgIpc) is 2.71. The Morgan fingerprint density at radius 3 is 1.56 bits per heavy atom. The lowest BCUT2D eigenvalue weighted by molar-refractivity contribution is -0.00586. The van der Waals surface area contributed by atoms with Gasteiger partial charge in [-0.15, -0.1) is 0 Å². The van der Waals surface area contributed by atoms with Crippen molar-refractivity contribution in [1.29, 1.82) is 0 Å². The van der Waals surface area contributed by atoms with Gasteiger partial charge in [0.2, 0.25) is 0 Å². The molecule has 8 bridgehead atoms. The summed E-state index contributed by atoms with van der Waals surface area (Å²) >= 11 is 0. The normalized spacial score (nSPS) is 45.8. The molecule has 8 aliphatic rings. The smallest absolute Gasteiger partial charge is 0.127 e. The molecule has 8 saturated carbocycles. The first-order chi connectivity index (χ1) is 15.5. The number of rotatable bonds is 2. The van der Waals surface area contributed by atoms with Crippen LogP contribution in [-0.4, -0.2) is 10.2 Å². The van der Waals surface area contributed by atoms with Crippen LogP contribution in [0.1, 0.15) is 88.2 Å². The van der Waals surface area contributed by atoms with Crippen molar-refractivity contribution in [2.24, 2.45) is 35.5 Å². The monoisotopic (exact) mass is 428 g/mol. The van der Waals surface area contributed by atoms with E-state index in [0.29, 0.717) is 11.5 Å². The summed E-state index contributed by atoms with van der Waals surface area (Å²) in [5, 5.41) is 24.9. The lowest BCUT2D eigenvalue weighted by atomic mass is 9.47. The van der Waals surface area contributed by atoms with Crippen LogP contribution < -0.4 is 0 Å². The molecule has 0 saturated heterocycles. The Morgan fingerprint density at radius 1 is 0.594 bits per heavy atom. The number of fused-ring (bicyclic) bond motifs is 1. The summed E-state index contributed by atoms with van der Waals surface area (Å²) in [5.74, 6) is 5.87. The standard InChI is InChI=1S/C30H36O2/c31-25-10-26(32)28(30-14-20-7-21(15-30)9-22(8-20)16-30)23-2-1-3-24(27(23)25)29-11-17-4-18(12-29)6-19(5-17)13-29/h1-3,10,17-22,31-32H,4-9,11-16H2. The van der Waals surface area contributed by atoms with Crippen LogP contribution in [0.2, 0.25) is 0 Å². The quantitative estimate of drug-likeness (QED) is 0.531. The zero-order valence-electron chi connectivity index (χ0n) is 19.2. The minimum atomic E-state index is 0.130. The predicted molar refractivity (Wildman–Crippen MR) is 127 cm³/mol. The molecule has 168 valence electrons. The third-order valence-electron chi connectivity index (χ3n) is 11.3. The van der Waals surface area contributed by atoms with E-state index in [-0.39, 0.29) is 10.8 Å². The van der Waals surface area contributed by atoms with Gasteiger partial charge in [-0.2, -0.15) is 0 Å². The summed E-state index contributed by atoms with van der Waals surface area (Å²) in [5.41, 5.74) is 3.00. The Kier molecular flexibility index (Phi) is 3.53. The van der Waals surface area contributed by atoms with Crippen LogP contribution in [0.3, 0.4) is 0 Å². The third-order valence-corrected chi connectivity index (χ3v) is 11.3. The molecule has 32 heavy (non-hydrogen) atoms. The van der Waals surface area contributed by atoms with E-state index < -0.39 is 0 Å². The second kappa shape index (κ2) is 6.05. The van der Waals surface area contributed by atoms with Gasteiger partial charge in [0.15, 0.2) is 0 Å². The molecule has 0 unspecified atom stereocenters. The SMILES string of the molecule is Oc1cc(O)c2c(C34CC5CC(CC(C5)C3)C4)cccc2c1C12CC3CC(CC(C3)C1)C2. The highest BCUT2D eigenvalue weighted by Gasteiger charge is 2.54. The molecule has 2 nitrogen and oxygen atoms in total. The first kappa shape index (κ1) is 18.7. The van der Waals surface area contributed by atoms with Crippen molar-refractivity contribution >= 4 is 10.8 Å². The second-order valence-corrected chi connectivity index (χ2v) is 13.4. The Morgan fingerprint density at radius 2 is 1.06 bits per heavy atom. The molecule has 8 fully saturated rings. The van der Waals surface area contributed by atoms with E-state index in [0.717, 1.165) is 40.9 Å². The molecule has 0 spiro atoms. The number of aromatic hydroxyl groups is 2. The van der Waals surface area contributed by atoms with Crippen molar-refractivity contribution in [2.75, 3.05) is 0 Å². The summed E-state index contributed by atoms with van der Waals surface area (Å²) in [6, 6.07) is 8.54. The predicted octanol–water partition coefficient (Wildman–Crippen LogP) is 7.19. The molecule has 0 aromatic heterocycles. The Bertz CT molecular complexity index is 1060. The van der Waals surface area contributed by atoms with Crippen molar-refractivity contribution in [3.8, 4) is 11.5 Å². The number of phenols is 2. The van der Waals surface area contributed by atoms with Gasteiger partial charge in [0, 0.05) is 22.4 Å². The van der Waals surface area contributed by atoms with Gasteiger partial charge in [0.1, 0.15) is 11.5 Å². The van der Waals surface area contributed by atoms with Gasteiger partial charge in [-0.1, -0.05) is 18.2 Å². The summed E-state index contributed by atoms with van der Waals surface area (Å²) < 4.78 is 0. The van der Waals surface area contributed by atoms with E-state index >= 15 is 0 Å². The van der Waals surface area contributed by atoms with Gasteiger partial charge in [-0.05, 0) is 129 Å². The Balaban J connectivity index is 1.35. The van der Waals surface area contributed by atoms with E-state index in [2.05, 4.69) is 18.2 Å². The van der Waals surface area contributed by atoms with Crippen LogP contribution in [0, 0.1) is 35.5 Å². The molecule has 8 aliphatic carbocycles. The van der Waals surface area contributed by atoms with Crippen molar-refractivity contribution in [1.82, 2.24) is 0 Å². The third kappa shape index (κ3) is 2.37. The Labute approximate surface area is 191 Å². The van der Waals surface area contributed by atoms with Crippen molar-refractivity contribution in [2.45, 2.75) is 87.9 Å². The summed E-state index contributed by atoms with van der Waals surface area (Å²) in [7, 11) is 0. The summed E-state index contributed by atoms with van der Waals surface area (Å²) in [6.07, 6.45) is 16.2. The zero-order valence-corrected chi connectivity index (χ0v) is 19.2. The minimum Gasteiger partial charge on any atom is -0.507 e. The number of phenolic OH excluding ortho intramolecular Hbond substituents is 2. The molecule has 0 heterocycles. The number of hydrogen-bond donors (Lipinski definition) is 2. The second-order valence-electron chi connectivity index (χ2n) is 13.4. The molecule has 0 atom stereocenters. The molecule has 2 aromatic carbocycles. The van der Waals surface area contributed by atoms with E-state index in [1.54, 1.807) is 6.07 Å². The number of benzene rings is 2. The van der Waals surface area contributed by atoms with Crippen LogP contribution >= 0.6 is 0 Å². The molecule has 10 rings (SSSR count). The maximum absolute atomic E-state index is 11.3. The fourth-order valence-corrected chi connectivity index (χ4v) is 11.3. The van der Waals surface area contributed by atoms with Crippen molar-refractivity contribution in [3.63, 3.8) is 0 Å². The van der Waals surface area contributed by atoms with Crippen LogP contribution in [0.5, 0.6) is 11.5 Å². The lowest BCUT2D eigenvalue weighted by Gasteiger charge is -2.58. The lowest BCUT2D eigenvalue weighted by Crippen LogP contribution is -2.49. The average molecular weight is 429 g/mol. The first-order valence-electron chi connectivity index (χ1n) is 13.5. The van der Waals surface area contributed by atoms with Gasteiger partial charge in [-0.3, -0.25) is 0 Å². The van der Waals surface area contributed by atoms with Crippen LogP contribution in [0.15, 0.2) is 24.3 Å². The van der Waals surface area contributed by atoms with Crippen LogP contribution in [-0.2, 0) is 10.8 Å². The fourth-order valence-electron chi connectivity index (χ4n) is 11.3. The minimum absolute atomic E-state index is 0.130. The van der Waals surface area contributed by atoms with E-state index in [1.807, 2.05) is 0 Å². The van der Waals surface area contributed by atoms with Crippen molar-refractivity contribution in [3.05, 3.63) is 35.4 Å². The highest BCUT2D eigenvalue weighted by Crippen LogP contribution is 2.65. The van der Waals surface area contributed by atoms with Gasteiger partial charge in [0.25, 0.3) is 0 Å². The van der Waals surface area contributed by atoms with E-state index in [9.17, 15) is 10.2 Å². The molecule has 0 aliphatic heterocycles. The molecular formula is C30H36O2.